The number of benzene rings is 1. The monoisotopic (exact) mass is 419 g/mol. The maximum Gasteiger partial charge on any atom is 0.234 e. The normalized spacial score (nSPS) is 15.8. The van der Waals surface area contributed by atoms with Crippen LogP contribution in [0.2, 0.25) is 0 Å². The van der Waals surface area contributed by atoms with Crippen molar-refractivity contribution in [2.24, 2.45) is 5.41 Å². The van der Waals surface area contributed by atoms with Crippen LogP contribution in [-0.4, -0.2) is 52.3 Å². The second kappa shape index (κ2) is 10.5. The molecule has 2 heterocycles. The van der Waals surface area contributed by atoms with Crippen LogP contribution >= 0.6 is 0 Å². The van der Waals surface area contributed by atoms with Gasteiger partial charge in [0.1, 0.15) is 11.9 Å². The second-order valence-corrected chi connectivity index (χ2v) is 9.44. The molecule has 164 valence electrons. The van der Waals surface area contributed by atoms with E-state index < -0.39 is 0 Å². The molecule has 0 spiro atoms. The molecule has 0 amide bonds. The number of nitrogens with zero attached hydrogens (tertiary/aromatic N) is 5. The van der Waals surface area contributed by atoms with Crippen LogP contribution in [0.4, 0.5) is 5.82 Å². The van der Waals surface area contributed by atoms with E-state index in [2.05, 4.69) is 77.0 Å². The predicted octanol–water partition coefficient (Wildman–Crippen LogP) is 3.87. The highest BCUT2D eigenvalue weighted by Gasteiger charge is 2.19. The lowest BCUT2D eigenvalue weighted by molar-refractivity contribution is 0.0881. The summed E-state index contributed by atoms with van der Waals surface area (Å²) in [7, 11) is 0. The minimum atomic E-state index is -0.125. The molecule has 3 rings (SSSR count). The van der Waals surface area contributed by atoms with Crippen molar-refractivity contribution in [3.8, 4) is 6.07 Å². The average Bonchev–Trinajstić information content (AvgIpc) is 2.75. The summed E-state index contributed by atoms with van der Waals surface area (Å²) < 4.78 is 0. The lowest BCUT2D eigenvalue weighted by Gasteiger charge is -2.31. The van der Waals surface area contributed by atoms with Crippen molar-refractivity contribution in [1.82, 2.24) is 14.9 Å². The van der Waals surface area contributed by atoms with Crippen molar-refractivity contribution >= 4 is 11.9 Å². The molecule has 0 aliphatic carbocycles. The Balaban J connectivity index is 1.63. The summed E-state index contributed by atoms with van der Waals surface area (Å²) in [5.74, 6) is 0.970. The van der Waals surface area contributed by atoms with Crippen molar-refractivity contribution in [1.29, 1.82) is 5.26 Å². The zero-order chi connectivity index (χ0) is 22.3. The van der Waals surface area contributed by atoms with E-state index in [1.807, 2.05) is 12.1 Å². The van der Waals surface area contributed by atoms with Gasteiger partial charge in [-0.2, -0.15) is 5.26 Å². The number of aliphatic hydroxyl groups is 1. The summed E-state index contributed by atoms with van der Waals surface area (Å²) in [4.78, 5) is 13.0. The number of piperidine rings is 1. The first-order valence-electron chi connectivity index (χ1n) is 11.0. The molecule has 1 fully saturated rings. The number of rotatable bonds is 7. The Morgan fingerprint density at radius 3 is 2.55 bits per heavy atom. The Bertz CT molecular complexity index is 903. The summed E-state index contributed by atoms with van der Waals surface area (Å²) in [6.45, 7) is 11.0. The van der Waals surface area contributed by atoms with Gasteiger partial charge in [0.05, 0.1) is 6.10 Å². The molecule has 2 aromatic rings. The molecule has 1 aliphatic heterocycles. The summed E-state index contributed by atoms with van der Waals surface area (Å²) >= 11 is 0. The van der Waals surface area contributed by atoms with Gasteiger partial charge in [-0.25, -0.2) is 9.97 Å². The number of aromatic nitrogens is 2. The zero-order valence-electron chi connectivity index (χ0n) is 18.8. The molecule has 1 saturated heterocycles. The maximum absolute atomic E-state index is 9.61. The first kappa shape index (κ1) is 22.9. The minimum absolute atomic E-state index is 0.0882. The fourth-order valence-corrected chi connectivity index (χ4v) is 3.76. The van der Waals surface area contributed by atoms with E-state index in [0.29, 0.717) is 0 Å². The van der Waals surface area contributed by atoms with Crippen molar-refractivity contribution in [3.63, 3.8) is 0 Å². The molecule has 1 aromatic heterocycles. The van der Waals surface area contributed by atoms with E-state index in [1.165, 1.54) is 11.1 Å². The Kier molecular flexibility index (Phi) is 7.78. The number of hydrogen-bond acceptors (Lipinski definition) is 6. The van der Waals surface area contributed by atoms with Gasteiger partial charge in [-0.1, -0.05) is 57.2 Å². The first-order chi connectivity index (χ1) is 14.8. The third kappa shape index (κ3) is 7.46. The van der Waals surface area contributed by atoms with Crippen LogP contribution in [0.5, 0.6) is 0 Å². The molecule has 0 saturated carbocycles. The molecule has 1 N–H and O–H groups in total. The Hall–Kier alpha value is -2.75. The SMILES string of the molecule is CC(C)(C)CN(Cc1ccc(/C=C/CN2CCC(O)CC2)cc1)c1ccnc(C#N)n1. The maximum atomic E-state index is 9.61. The molecule has 1 aliphatic rings. The smallest absolute Gasteiger partial charge is 0.234 e. The van der Waals surface area contributed by atoms with Gasteiger partial charge in [-0.3, -0.25) is 4.90 Å². The quantitative estimate of drug-likeness (QED) is 0.734. The zero-order valence-corrected chi connectivity index (χ0v) is 18.8. The van der Waals surface area contributed by atoms with E-state index in [0.717, 1.165) is 51.4 Å². The van der Waals surface area contributed by atoms with Crippen LogP contribution in [0.1, 0.15) is 50.6 Å². The standard InChI is InChI=1S/C25H33N5O/c1-25(2,3)19-30(24-10-13-27-23(17-26)28-24)18-21-8-6-20(7-9-21)5-4-14-29-15-11-22(31)12-16-29/h4-10,13,22,31H,11-12,14-16,18-19H2,1-3H3/b5-4+. The molecule has 0 radical (unpaired) electrons. The highest BCUT2D eigenvalue weighted by atomic mass is 16.3. The van der Waals surface area contributed by atoms with Crippen molar-refractivity contribution in [3.05, 3.63) is 59.6 Å². The van der Waals surface area contributed by atoms with E-state index in [4.69, 9.17) is 5.26 Å². The molecule has 31 heavy (non-hydrogen) atoms. The van der Waals surface area contributed by atoms with Gasteiger partial charge in [0.25, 0.3) is 0 Å². The minimum Gasteiger partial charge on any atom is -0.393 e. The van der Waals surface area contributed by atoms with Crippen molar-refractivity contribution in [2.75, 3.05) is 31.1 Å². The molecule has 0 bridgehead atoms. The Morgan fingerprint density at radius 1 is 1.19 bits per heavy atom. The lowest BCUT2D eigenvalue weighted by atomic mass is 9.95. The number of nitriles is 1. The largest absolute Gasteiger partial charge is 0.393 e. The van der Waals surface area contributed by atoms with E-state index in [-0.39, 0.29) is 17.3 Å². The second-order valence-electron chi connectivity index (χ2n) is 9.44. The van der Waals surface area contributed by atoms with E-state index >= 15 is 0 Å². The molecular weight excluding hydrogens is 386 g/mol. The highest BCUT2D eigenvalue weighted by molar-refractivity contribution is 5.50. The van der Waals surface area contributed by atoms with Crippen LogP contribution < -0.4 is 4.90 Å². The Labute approximate surface area is 185 Å². The summed E-state index contributed by atoms with van der Waals surface area (Å²) in [6.07, 6.45) is 7.62. The van der Waals surface area contributed by atoms with Crippen LogP contribution in [0.3, 0.4) is 0 Å². The van der Waals surface area contributed by atoms with E-state index in [1.54, 1.807) is 6.20 Å². The van der Waals surface area contributed by atoms with Gasteiger partial charge in [0.15, 0.2) is 0 Å². The van der Waals surface area contributed by atoms with Crippen molar-refractivity contribution < 1.29 is 5.11 Å². The predicted molar refractivity (Wildman–Crippen MR) is 124 cm³/mol. The third-order valence-corrected chi connectivity index (χ3v) is 5.31. The number of anilines is 1. The summed E-state index contributed by atoms with van der Waals surface area (Å²) in [6, 6.07) is 12.5. The summed E-state index contributed by atoms with van der Waals surface area (Å²) in [5.41, 5.74) is 2.46. The molecule has 1 aromatic carbocycles. The highest BCUT2D eigenvalue weighted by Crippen LogP contribution is 2.22. The number of hydrogen-bond donors (Lipinski definition) is 1. The van der Waals surface area contributed by atoms with Crippen molar-refractivity contribution in [2.45, 2.75) is 46.3 Å². The van der Waals surface area contributed by atoms with Gasteiger partial charge in [0, 0.05) is 38.9 Å². The molecule has 6 nitrogen and oxygen atoms in total. The number of aliphatic hydroxyl groups excluding tert-OH is 1. The van der Waals surface area contributed by atoms with Gasteiger partial charge in [0.2, 0.25) is 5.82 Å². The molecule has 0 unspecified atom stereocenters. The fourth-order valence-electron chi connectivity index (χ4n) is 3.76. The van der Waals surface area contributed by atoms with Crippen LogP contribution in [0.15, 0.2) is 42.6 Å². The van der Waals surface area contributed by atoms with E-state index in [9.17, 15) is 5.11 Å². The fraction of sp³-hybridized carbons (Fsp3) is 0.480. The third-order valence-electron chi connectivity index (χ3n) is 5.31. The van der Waals surface area contributed by atoms with Gasteiger partial charge < -0.3 is 10.0 Å². The van der Waals surface area contributed by atoms with Gasteiger partial charge in [-0.15, -0.1) is 0 Å². The first-order valence-corrected chi connectivity index (χ1v) is 11.0. The molecule has 0 atom stereocenters. The lowest BCUT2D eigenvalue weighted by Crippen LogP contribution is -2.35. The van der Waals surface area contributed by atoms with Crippen LogP contribution in [-0.2, 0) is 6.54 Å². The molecular formula is C25H33N5O. The molecule has 6 heteroatoms. The van der Waals surface area contributed by atoms with Gasteiger partial charge in [-0.05, 0) is 35.4 Å². The van der Waals surface area contributed by atoms with Crippen LogP contribution in [0.25, 0.3) is 6.08 Å². The topological polar surface area (TPSA) is 76.3 Å². The van der Waals surface area contributed by atoms with Crippen LogP contribution in [0, 0.1) is 16.7 Å². The number of likely N-dealkylation sites (tertiary alicyclic amines) is 1. The summed E-state index contributed by atoms with van der Waals surface area (Å²) in [5, 5.41) is 18.8. The van der Waals surface area contributed by atoms with Gasteiger partial charge >= 0.3 is 0 Å². The average molecular weight is 420 g/mol. The Morgan fingerprint density at radius 2 is 1.90 bits per heavy atom.